The number of nitrogens with zero attached hydrogens (tertiary/aromatic N) is 2. The molecule has 1 saturated heterocycles. The molecule has 1 amide bonds. The minimum Gasteiger partial charge on any atom is -0.497 e. The average molecular weight is 393 g/mol. The summed E-state index contributed by atoms with van der Waals surface area (Å²) in [5.41, 5.74) is 2.49. The van der Waals surface area contributed by atoms with Gasteiger partial charge in [-0.25, -0.2) is 0 Å². The molecule has 1 aromatic carbocycles. The molecule has 0 radical (unpaired) electrons. The van der Waals surface area contributed by atoms with Gasteiger partial charge >= 0.3 is 0 Å². The monoisotopic (exact) mass is 393 g/mol. The second-order valence-electron chi connectivity index (χ2n) is 6.87. The fourth-order valence-electron chi connectivity index (χ4n) is 3.35. The van der Waals surface area contributed by atoms with Crippen molar-refractivity contribution in [2.24, 2.45) is 0 Å². The average Bonchev–Trinajstić information content (AvgIpc) is 2.78. The summed E-state index contributed by atoms with van der Waals surface area (Å²) < 4.78 is 16.9. The van der Waals surface area contributed by atoms with Crippen LogP contribution in [0.5, 0.6) is 5.75 Å². The van der Waals surface area contributed by atoms with Crippen molar-refractivity contribution in [3.05, 3.63) is 66.1 Å². The van der Waals surface area contributed by atoms with E-state index in [1.54, 1.807) is 31.5 Å². The van der Waals surface area contributed by atoms with Crippen molar-refractivity contribution in [3.63, 3.8) is 0 Å². The number of aromatic nitrogens is 2. The second kappa shape index (κ2) is 8.98. The number of carbonyl (C=O) groups is 1. The number of rotatable bonds is 6. The van der Waals surface area contributed by atoms with Crippen LogP contribution < -0.4 is 10.1 Å². The van der Waals surface area contributed by atoms with Crippen molar-refractivity contribution < 1.29 is 19.0 Å². The van der Waals surface area contributed by atoms with Crippen LogP contribution in [0.4, 0.5) is 0 Å². The van der Waals surface area contributed by atoms with Gasteiger partial charge < -0.3 is 19.5 Å². The highest BCUT2D eigenvalue weighted by Gasteiger charge is 2.24. The van der Waals surface area contributed by atoms with Crippen LogP contribution in [0.3, 0.4) is 0 Å². The van der Waals surface area contributed by atoms with Crippen LogP contribution in [0.1, 0.15) is 22.5 Å². The first kappa shape index (κ1) is 19.3. The largest absolute Gasteiger partial charge is 0.497 e. The molecule has 2 aromatic heterocycles. The fraction of sp³-hybridized carbons (Fsp3) is 0.318. The number of aryl methyl sites for hydroxylation is 1. The predicted molar refractivity (Wildman–Crippen MR) is 108 cm³/mol. The van der Waals surface area contributed by atoms with Crippen LogP contribution in [0, 0.1) is 0 Å². The van der Waals surface area contributed by atoms with E-state index in [2.05, 4.69) is 15.3 Å². The summed E-state index contributed by atoms with van der Waals surface area (Å²) in [4.78, 5) is 20.6. The lowest BCUT2D eigenvalue weighted by Gasteiger charge is -2.30. The van der Waals surface area contributed by atoms with Crippen molar-refractivity contribution in [3.8, 4) is 5.75 Å². The van der Waals surface area contributed by atoms with Crippen LogP contribution in [0.25, 0.3) is 10.9 Å². The molecule has 4 rings (SSSR count). The number of amides is 1. The van der Waals surface area contributed by atoms with Crippen molar-refractivity contribution >= 4 is 16.8 Å². The quantitative estimate of drug-likeness (QED) is 0.693. The summed E-state index contributed by atoms with van der Waals surface area (Å²) in [6.45, 7) is 0.822. The molecular formula is C22H23N3O4. The lowest BCUT2D eigenvalue weighted by Crippen LogP contribution is -2.47. The Morgan fingerprint density at radius 2 is 2.00 bits per heavy atom. The highest BCUT2D eigenvalue weighted by Crippen LogP contribution is 2.24. The second-order valence-corrected chi connectivity index (χ2v) is 6.87. The van der Waals surface area contributed by atoms with E-state index in [1.165, 1.54) is 5.56 Å². The Balaban J connectivity index is 1.30. The Labute approximate surface area is 169 Å². The van der Waals surface area contributed by atoms with E-state index in [9.17, 15) is 4.79 Å². The van der Waals surface area contributed by atoms with Gasteiger partial charge in [0.1, 0.15) is 11.4 Å². The topological polar surface area (TPSA) is 82.6 Å². The molecule has 29 heavy (non-hydrogen) atoms. The van der Waals surface area contributed by atoms with Gasteiger partial charge in [0.05, 0.1) is 31.9 Å². The number of methoxy groups -OCH3 is 1. The maximum absolute atomic E-state index is 12.2. The van der Waals surface area contributed by atoms with Crippen LogP contribution >= 0.6 is 0 Å². The lowest BCUT2D eigenvalue weighted by atomic mass is 10.0. The summed E-state index contributed by atoms with van der Waals surface area (Å²) in [5, 5.41) is 3.97. The van der Waals surface area contributed by atoms with E-state index in [4.69, 9.17) is 14.2 Å². The highest BCUT2D eigenvalue weighted by atomic mass is 16.7. The van der Waals surface area contributed by atoms with Crippen molar-refractivity contribution in [1.29, 1.82) is 0 Å². The zero-order valence-corrected chi connectivity index (χ0v) is 16.2. The molecule has 0 saturated carbocycles. The number of fused-ring (bicyclic) bond motifs is 1. The third-order valence-electron chi connectivity index (χ3n) is 4.89. The van der Waals surface area contributed by atoms with Crippen molar-refractivity contribution in [1.82, 2.24) is 15.3 Å². The molecule has 1 aliphatic heterocycles. The first-order valence-corrected chi connectivity index (χ1v) is 9.59. The van der Waals surface area contributed by atoms with Gasteiger partial charge in [0, 0.05) is 24.2 Å². The Hall–Kier alpha value is -3.03. The van der Waals surface area contributed by atoms with E-state index >= 15 is 0 Å². The number of hydrogen-bond acceptors (Lipinski definition) is 6. The number of ether oxygens (including phenoxy) is 3. The van der Waals surface area contributed by atoms with Crippen LogP contribution in [-0.2, 0) is 15.9 Å². The molecule has 0 atom stereocenters. The summed E-state index contributed by atoms with van der Waals surface area (Å²) in [7, 11) is 1.66. The van der Waals surface area contributed by atoms with Gasteiger partial charge in [-0.3, -0.25) is 14.8 Å². The predicted octanol–water partition coefficient (Wildman–Crippen LogP) is 2.74. The normalized spacial score (nSPS) is 19.1. The number of carbonyl (C=O) groups excluding carboxylic acids is 1. The minimum atomic E-state index is -0.299. The number of benzene rings is 1. The molecule has 7 heteroatoms. The van der Waals surface area contributed by atoms with E-state index in [-0.39, 0.29) is 18.2 Å². The number of pyridine rings is 2. The van der Waals surface area contributed by atoms with Gasteiger partial charge in [0.15, 0.2) is 6.29 Å². The molecular weight excluding hydrogens is 370 g/mol. The van der Waals surface area contributed by atoms with E-state index in [1.807, 2.05) is 30.5 Å². The SMILES string of the molecule is COc1ccc2nccc(CCC3OCC(NC(=O)c4ccccn4)CO3)c2c1. The Morgan fingerprint density at radius 1 is 1.14 bits per heavy atom. The van der Waals surface area contributed by atoms with Gasteiger partial charge in [-0.05, 0) is 48.4 Å². The fourth-order valence-corrected chi connectivity index (χ4v) is 3.35. The minimum absolute atomic E-state index is 0.188. The molecule has 1 aliphatic rings. The summed E-state index contributed by atoms with van der Waals surface area (Å²) in [6.07, 6.45) is 4.62. The molecule has 0 unspecified atom stereocenters. The number of hydrogen-bond donors (Lipinski definition) is 1. The first-order valence-electron chi connectivity index (χ1n) is 9.59. The third-order valence-corrected chi connectivity index (χ3v) is 4.89. The molecule has 1 N–H and O–H groups in total. The van der Waals surface area contributed by atoms with Crippen molar-refractivity contribution in [2.45, 2.75) is 25.2 Å². The van der Waals surface area contributed by atoms with Gasteiger partial charge in [0.25, 0.3) is 5.91 Å². The third kappa shape index (κ3) is 4.70. The summed E-state index contributed by atoms with van der Waals surface area (Å²) in [6, 6.07) is 12.9. The maximum Gasteiger partial charge on any atom is 0.270 e. The van der Waals surface area contributed by atoms with Crippen LogP contribution in [0.2, 0.25) is 0 Å². The van der Waals surface area contributed by atoms with E-state index < -0.39 is 0 Å². The zero-order chi connectivity index (χ0) is 20.1. The molecule has 3 heterocycles. The first-order chi connectivity index (χ1) is 14.2. The molecule has 7 nitrogen and oxygen atoms in total. The molecule has 0 aliphatic carbocycles. The lowest BCUT2D eigenvalue weighted by molar-refractivity contribution is -0.190. The van der Waals surface area contributed by atoms with Gasteiger partial charge in [-0.15, -0.1) is 0 Å². The van der Waals surface area contributed by atoms with Gasteiger partial charge in [-0.1, -0.05) is 6.07 Å². The molecule has 3 aromatic rings. The van der Waals surface area contributed by atoms with E-state index in [0.29, 0.717) is 18.9 Å². The Bertz CT molecular complexity index is 972. The van der Waals surface area contributed by atoms with Crippen LogP contribution in [-0.4, -0.2) is 48.5 Å². The Morgan fingerprint density at radius 3 is 2.76 bits per heavy atom. The standard InChI is InChI=1S/C22H23N3O4/c1-27-17-6-7-19-18(12-17)15(9-11-24-19)5-8-21-28-13-16(14-29-21)25-22(26)20-4-2-3-10-23-20/h2-4,6-7,9-12,16,21H,5,8,13-14H2,1H3,(H,25,26). The summed E-state index contributed by atoms with van der Waals surface area (Å²) in [5.74, 6) is 0.585. The number of nitrogens with one attached hydrogen (secondary N) is 1. The van der Waals surface area contributed by atoms with Gasteiger partial charge in [0.2, 0.25) is 0 Å². The summed E-state index contributed by atoms with van der Waals surface area (Å²) >= 11 is 0. The molecule has 1 fully saturated rings. The molecule has 0 spiro atoms. The smallest absolute Gasteiger partial charge is 0.270 e. The zero-order valence-electron chi connectivity index (χ0n) is 16.2. The van der Waals surface area contributed by atoms with Crippen LogP contribution in [0.15, 0.2) is 54.9 Å². The Kier molecular flexibility index (Phi) is 5.97. The van der Waals surface area contributed by atoms with Gasteiger partial charge in [-0.2, -0.15) is 0 Å². The van der Waals surface area contributed by atoms with E-state index in [0.717, 1.165) is 29.5 Å². The molecule has 0 bridgehead atoms. The maximum atomic E-state index is 12.2. The molecule has 150 valence electrons. The highest BCUT2D eigenvalue weighted by molar-refractivity contribution is 5.92. The van der Waals surface area contributed by atoms with Crippen molar-refractivity contribution in [2.75, 3.05) is 20.3 Å².